The lowest BCUT2D eigenvalue weighted by atomic mass is 9.44. The SMILES string of the molecule is CC(=O)O[C@H]1C(=O)[C@]2(C)[C@@H](OS(=O)(=O)C(F)(F)F)C[C@H]3OC[C@@]3(OC(C)=O)[C@H]2[C@H](OC(=O)c2ccccc2)[C@]2(O)C[C@H](O)C(C)=C1C2(C)C. The third-order valence-electron chi connectivity index (χ3n) is 10.7. The average molecular weight is 719 g/mol. The lowest BCUT2D eigenvalue weighted by molar-refractivity contribution is -0.344. The number of fused-ring (bicyclic) bond motifs is 5. The van der Waals surface area contributed by atoms with Gasteiger partial charge in [-0.25, -0.2) is 4.79 Å². The summed E-state index contributed by atoms with van der Waals surface area (Å²) >= 11 is 0. The lowest BCUT2D eigenvalue weighted by Crippen LogP contribution is -2.82. The van der Waals surface area contributed by atoms with E-state index in [-0.39, 0.29) is 16.7 Å². The van der Waals surface area contributed by atoms with Crippen LogP contribution < -0.4 is 0 Å². The fraction of sp³-hybridized carbons (Fsp3) is 0.625. The van der Waals surface area contributed by atoms with E-state index in [0.29, 0.717) is 0 Å². The zero-order chi connectivity index (χ0) is 36.7. The van der Waals surface area contributed by atoms with E-state index in [1.54, 1.807) is 6.07 Å². The van der Waals surface area contributed by atoms with Gasteiger partial charge in [0.05, 0.1) is 35.7 Å². The highest BCUT2D eigenvalue weighted by atomic mass is 32.2. The van der Waals surface area contributed by atoms with Gasteiger partial charge in [0, 0.05) is 32.1 Å². The molecule has 5 rings (SSSR count). The first-order valence-corrected chi connectivity index (χ1v) is 16.8. The predicted molar refractivity (Wildman–Crippen MR) is 159 cm³/mol. The van der Waals surface area contributed by atoms with Gasteiger partial charge in [-0.15, -0.1) is 0 Å². The van der Waals surface area contributed by atoms with E-state index < -0.39 is 117 Å². The molecule has 3 aliphatic carbocycles. The highest BCUT2D eigenvalue weighted by Gasteiger charge is 2.79. The van der Waals surface area contributed by atoms with Crippen LogP contribution in [0.5, 0.6) is 0 Å². The Morgan fingerprint density at radius 3 is 2.14 bits per heavy atom. The molecule has 2 N–H and O–H groups in total. The molecule has 0 spiro atoms. The van der Waals surface area contributed by atoms with Crippen molar-refractivity contribution in [3.8, 4) is 0 Å². The third-order valence-corrected chi connectivity index (χ3v) is 11.8. The Hall–Kier alpha value is -3.38. The summed E-state index contributed by atoms with van der Waals surface area (Å²) in [5.74, 6) is -6.21. The summed E-state index contributed by atoms with van der Waals surface area (Å²) in [6, 6.07) is 7.34. The maximum Gasteiger partial charge on any atom is 0.523 e. The zero-order valence-electron chi connectivity index (χ0n) is 27.4. The summed E-state index contributed by atoms with van der Waals surface area (Å²) in [7, 11) is -6.44. The Balaban J connectivity index is 1.89. The molecule has 1 aliphatic heterocycles. The Morgan fingerprint density at radius 1 is 1.02 bits per heavy atom. The predicted octanol–water partition coefficient (Wildman–Crippen LogP) is 2.53. The maximum absolute atomic E-state index is 15.1. The molecule has 3 fully saturated rings. The molecular formula is C32H37F3O13S. The monoisotopic (exact) mass is 718 g/mol. The number of hydrogen-bond acceptors (Lipinski definition) is 13. The first kappa shape index (κ1) is 36.9. The number of carbonyl (C=O) groups is 4. The van der Waals surface area contributed by atoms with Gasteiger partial charge >= 0.3 is 33.5 Å². The smallest absolute Gasteiger partial charge is 0.455 e. The van der Waals surface area contributed by atoms with Crippen LogP contribution in [0.2, 0.25) is 0 Å². The molecule has 4 aliphatic rings. The van der Waals surface area contributed by atoms with Crippen LogP contribution in [0.4, 0.5) is 13.2 Å². The van der Waals surface area contributed by atoms with Crippen LogP contribution in [-0.2, 0) is 47.6 Å². The Bertz CT molecular complexity index is 1710. The van der Waals surface area contributed by atoms with Gasteiger partial charge < -0.3 is 29.2 Å². The van der Waals surface area contributed by atoms with Crippen LogP contribution in [-0.4, -0.2) is 96.2 Å². The second-order valence-electron chi connectivity index (χ2n) is 13.7. The molecule has 13 nitrogen and oxygen atoms in total. The van der Waals surface area contributed by atoms with Crippen molar-refractivity contribution in [2.24, 2.45) is 16.7 Å². The van der Waals surface area contributed by atoms with E-state index in [2.05, 4.69) is 0 Å². The van der Waals surface area contributed by atoms with Crippen LogP contribution in [0.15, 0.2) is 41.5 Å². The van der Waals surface area contributed by atoms with Gasteiger partial charge in [0.2, 0.25) is 0 Å². The Morgan fingerprint density at radius 2 is 1.63 bits per heavy atom. The minimum absolute atomic E-state index is 0.0497. The van der Waals surface area contributed by atoms with Crippen molar-refractivity contribution in [3.05, 3.63) is 47.0 Å². The molecule has 2 saturated carbocycles. The summed E-state index contributed by atoms with van der Waals surface area (Å²) < 4.78 is 94.5. The van der Waals surface area contributed by atoms with Crippen molar-refractivity contribution in [1.82, 2.24) is 0 Å². The molecule has 270 valence electrons. The molecule has 1 aromatic carbocycles. The normalized spacial score (nSPS) is 37.0. The largest absolute Gasteiger partial charge is 0.523 e. The second kappa shape index (κ2) is 11.9. The quantitative estimate of drug-likeness (QED) is 0.144. The topological polar surface area (TPSA) is 189 Å². The molecule has 0 amide bonds. The van der Waals surface area contributed by atoms with Gasteiger partial charge in [-0.2, -0.15) is 21.6 Å². The average Bonchev–Trinajstić information content (AvgIpc) is 2.97. The molecule has 1 saturated heterocycles. The van der Waals surface area contributed by atoms with Crippen molar-refractivity contribution >= 4 is 33.8 Å². The molecule has 0 unspecified atom stereocenters. The number of hydrogen-bond donors (Lipinski definition) is 2. The summed E-state index contributed by atoms with van der Waals surface area (Å²) in [6.45, 7) is 6.72. The fourth-order valence-electron chi connectivity index (χ4n) is 8.23. The molecule has 9 atom stereocenters. The fourth-order valence-corrected chi connectivity index (χ4v) is 8.92. The van der Waals surface area contributed by atoms with E-state index in [1.807, 2.05) is 0 Å². The molecule has 1 aromatic rings. The van der Waals surface area contributed by atoms with E-state index in [9.17, 15) is 46.2 Å². The number of Topliss-reactive ketones (excluding diaryl/α,β-unsaturated/α-hetero) is 1. The number of aliphatic hydroxyl groups is 2. The van der Waals surface area contributed by atoms with Gasteiger partial charge in [0.15, 0.2) is 17.5 Å². The van der Waals surface area contributed by atoms with Gasteiger partial charge in [-0.3, -0.25) is 18.6 Å². The number of rotatable bonds is 6. The zero-order valence-corrected chi connectivity index (χ0v) is 28.2. The number of alkyl halides is 3. The number of esters is 3. The van der Waals surface area contributed by atoms with Crippen molar-refractivity contribution < 1.29 is 74.1 Å². The third kappa shape index (κ3) is 5.48. The van der Waals surface area contributed by atoms with Gasteiger partial charge in [0.25, 0.3) is 0 Å². The molecule has 49 heavy (non-hydrogen) atoms. The van der Waals surface area contributed by atoms with Gasteiger partial charge in [0.1, 0.15) is 17.8 Å². The second-order valence-corrected chi connectivity index (χ2v) is 15.3. The summed E-state index contributed by atoms with van der Waals surface area (Å²) in [5, 5.41) is 24.3. The van der Waals surface area contributed by atoms with Crippen LogP contribution in [0.3, 0.4) is 0 Å². The van der Waals surface area contributed by atoms with Gasteiger partial charge in [-0.05, 0) is 37.1 Å². The highest BCUT2D eigenvalue weighted by molar-refractivity contribution is 7.87. The Labute approximate surface area is 279 Å². The van der Waals surface area contributed by atoms with Crippen LogP contribution in [0, 0.1) is 16.7 Å². The molecule has 1 heterocycles. The van der Waals surface area contributed by atoms with E-state index in [4.69, 9.17) is 23.1 Å². The molecule has 0 aromatic heterocycles. The maximum atomic E-state index is 15.1. The number of aliphatic hydroxyl groups excluding tert-OH is 1. The number of carbonyl (C=O) groups excluding carboxylic acids is 4. The van der Waals surface area contributed by atoms with Crippen molar-refractivity contribution in [1.29, 1.82) is 0 Å². The number of ketones is 1. The molecule has 0 radical (unpaired) electrons. The van der Waals surface area contributed by atoms with Crippen molar-refractivity contribution in [3.63, 3.8) is 0 Å². The van der Waals surface area contributed by atoms with Crippen LogP contribution in [0.25, 0.3) is 0 Å². The van der Waals surface area contributed by atoms with E-state index >= 15 is 4.79 Å². The molecular weight excluding hydrogens is 681 g/mol. The lowest BCUT2D eigenvalue weighted by Gasteiger charge is -2.67. The minimum Gasteiger partial charge on any atom is -0.455 e. The summed E-state index contributed by atoms with van der Waals surface area (Å²) in [4.78, 5) is 54.2. The van der Waals surface area contributed by atoms with Crippen molar-refractivity contribution in [2.45, 2.75) is 102 Å². The van der Waals surface area contributed by atoms with Gasteiger partial charge in [-0.1, -0.05) is 32.0 Å². The summed E-state index contributed by atoms with van der Waals surface area (Å²) in [5.41, 5.74) is -14.9. The number of ether oxygens (including phenoxy) is 4. The van der Waals surface area contributed by atoms with Crippen LogP contribution >= 0.6 is 0 Å². The highest BCUT2D eigenvalue weighted by Crippen LogP contribution is 2.65. The number of benzene rings is 1. The minimum atomic E-state index is -6.44. The van der Waals surface area contributed by atoms with E-state index in [1.165, 1.54) is 45.0 Å². The van der Waals surface area contributed by atoms with E-state index in [0.717, 1.165) is 20.8 Å². The standard InChI is InChI=1S/C32H37F3O13S/c1-15-19(38)13-31(41)26(46-27(40)18-10-8-7-9-11-18)24-29(6,25(39)23(45-16(2)36)22(15)28(31,4)5)20(48-49(42,43)32(33,34)35)12-21-30(24,14-44-21)47-17(3)37/h7-11,19-21,23-24,26,38,41H,12-14H2,1-6H3/t19-,20-,21+,23+,24-,26-,29+,30-,31+/m0/s1. The first-order chi connectivity index (χ1) is 22.5. The van der Waals surface area contributed by atoms with Crippen molar-refractivity contribution in [2.75, 3.05) is 6.61 Å². The number of halogens is 3. The molecule has 17 heteroatoms. The Kier molecular flexibility index (Phi) is 8.93. The summed E-state index contributed by atoms with van der Waals surface area (Å²) in [6.07, 6.45) is -10.7. The first-order valence-electron chi connectivity index (χ1n) is 15.4. The molecule has 2 bridgehead atoms. The van der Waals surface area contributed by atoms with Crippen LogP contribution in [0.1, 0.15) is 64.7 Å².